The molecule has 0 aliphatic carbocycles. The second kappa shape index (κ2) is 5.57. The van der Waals surface area contributed by atoms with Gasteiger partial charge in [-0.1, -0.05) is 0 Å². The quantitative estimate of drug-likeness (QED) is 0.280. The predicted octanol–water partition coefficient (Wildman–Crippen LogP) is 0.610. The number of Topliss-reactive ketones (excluding diaryl/α,β-unsaturated/α-hetero) is 1. The number of isothiocyanates is 1. The van der Waals surface area contributed by atoms with Crippen molar-refractivity contribution in [3.8, 4) is 0 Å². The van der Waals surface area contributed by atoms with Crippen LogP contribution >= 0.6 is 12.2 Å². The summed E-state index contributed by atoms with van der Waals surface area (Å²) in [6.07, 6.45) is 0. The van der Waals surface area contributed by atoms with E-state index >= 15 is 0 Å². The summed E-state index contributed by atoms with van der Waals surface area (Å²) in [5.74, 6) is -1.08. The van der Waals surface area contributed by atoms with Crippen molar-refractivity contribution in [2.45, 2.75) is 19.9 Å². The predicted molar refractivity (Wildman–Crippen MR) is 46.1 cm³/mol. The van der Waals surface area contributed by atoms with E-state index in [-0.39, 0.29) is 6.61 Å². The van der Waals surface area contributed by atoms with Gasteiger partial charge in [-0.25, -0.2) is 9.79 Å². The molecule has 0 aromatic rings. The third-order valence-corrected chi connectivity index (χ3v) is 1.18. The molecule has 66 valence electrons. The Morgan fingerprint density at radius 1 is 1.67 bits per heavy atom. The molecule has 0 saturated carbocycles. The maximum absolute atomic E-state index is 11.0. The molecule has 5 heteroatoms. The Morgan fingerprint density at radius 3 is 2.58 bits per heavy atom. The zero-order valence-corrected chi connectivity index (χ0v) is 7.68. The van der Waals surface area contributed by atoms with E-state index in [1.165, 1.54) is 6.92 Å². The Hall–Kier alpha value is -1.06. The van der Waals surface area contributed by atoms with Crippen molar-refractivity contribution in [1.82, 2.24) is 0 Å². The lowest BCUT2D eigenvalue weighted by Crippen LogP contribution is -2.28. The van der Waals surface area contributed by atoms with Gasteiger partial charge >= 0.3 is 5.97 Å². The van der Waals surface area contributed by atoms with E-state index in [1.807, 2.05) is 5.16 Å². The van der Waals surface area contributed by atoms with E-state index in [0.29, 0.717) is 0 Å². The fourth-order valence-electron chi connectivity index (χ4n) is 0.583. The number of carbonyl (C=O) groups excluding carboxylic acids is 2. The molecule has 0 aromatic heterocycles. The molecule has 0 amide bonds. The Labute approximate surface area is 75.6 Å². The van der Waals surface area contributed by atoms with E-state index in [0.717, 1.165) is 0 Å². The fourth-order valence-corrected chi connectivity index (χ4v) is 0.689. The molecule has 1 unspecified atom stereocenters. The Morgan fingerprint density at radius 2 is 2.25 bits per heavy atom. The van der Waals surface area contributed by atoms with Crippen LogP contribution in [-0.2, 0) is 14.3 Å². The Kier molecular flexibility index (Phi) is 5.08. The number of esters is 1. The van der Waals surface area contributed by atoms with Crippen molar-refractivity contribution in [3.63, 3.8) is 0 Å². The highest BCUT2D eigenvalue weighted by atomic mass is 32.1. The first kappa shape index (κ1) is 10.9. The minimum atomic E-state index is -1.14. The smallest absolute Gasteiger partial charge is 0.339 e. The summed E-state index contributed by atoms with van der Waals surface area (Å²) in [4.78, 5) is 25.1. The third-order valence-electron chi connectivity index (χ3n) is 1.08. The molecule has 0 saturated heterocycles. The first-order valence-corrected chi connectivity index (χ1v) is 3.78. The number of thiocarbonyl (C=S) groups is 1. The molecule has 0 bridgehead atoms. The SMILES string of the molecule is CCOC(=O)C(N=C=S)C(C)=O. The van der Waals surface area contributed by atoms with Crippen LogP contribution in [0.25, 0.3) is 0 Å². The van der Waals surface area contributed by atoms with Gasteiger partial charge in [0.2, 0.25) is 6.04 Å². The molecule has 0 heterocycles. The van der Waals surface area contributed by atoms with Gasteiger partial charge in [-0.05, 0) is 26.1 Å². The van der Waals surface area contributed by atoms with Gasteiger partial charge in [0, 0.05) is 0 Å². The fraction of sp³-hybridized carbons (Fsp3) is 0.571. The number of ketones is 1. The van der Waals surface area contributed by atoms with Gasteiger partial charge < -0.3 is 4.74 Å². The van der Waals surface area contributed by atoms with Crippen molar-refractivity contribution in [1.29, 1.82) is 0 Å². The summed E-state index contributed by atoms with van der Waals surface area (Å²) in [5.41, 5.74) is 0. The van der Waals surface area contributed by atoms with Crippen LogP contribution in [0.5, 0.6) is 0 Å². The van der Waals surface area contributed by atoms with Crippen LogP contribution in [0.3, 0.4) is 0 Å². The molecule has 1 atom stereocenters. The zero-order valence-electron chi connectivity index (χ0n) is 6.86. The van der Waals surface area contributed by atoms with Crippen LogP contribution in [0.15, 0.2) is 4.99 Å². The minimum Gasteiger partial charge on any atom is -0.464 e. The van der Waals surface area contributed by atoms with E-state index in [4.69, 9.17) is 0 Å². The van der Waals surface area contributed by atoms with Gasteiger partial charge in [-0.2, -0.15) is 0 Å². The van der Waals surface area contributed by atoms with E-state index < -0.39 is 17.8 Å². The number of nitrogens with zero attached hydrogens (tertiary/aromatic N) is 1. The van der Waals surface area contributed by atoms with Gasteiger partial charge in [0.25, 0.3) is 0 Å². The molecule has 0 fully saturated rings. The average Bonchev–Trinajstić information content (AvgIpc) is 1.99. The number of hydrogen-bond acceptors (Lipinski definition) is 5. The molecular formula is C7H9NO3S. The van der Waals surface area contributed by atoms with Gasteiger partial charge in [-0.3, -0.25) is 4.79 Å². The maximum atomic E-state index is 11.0. The van der Waals surface area contributed by atoms with Crippen LogP contribution in [0.1, 0.15) is 13.8 Å². The van der Waals surface area contributed by atoms with Crippen molar-refractivity contribution in [2.75, 3.05) is 6.61 Å². The lowest BCUT2D eigenvalue weighted by molar-refractivity contribution is -0.146. The number of rotatable bonds is 4. The molecule has 0 N–H and O–H groups in total. The van der Waals surface area contributed by atoms with Crippen molar-refractivity contribution in [3.05, 3.63) is 0 Å². The monoisotopic (exact) mass is 187 g/mol. The molecule has 4 nitrogen and oxygen atoms in total. The highest BCUT2D eigenvalue weighted by molar-refractivity contribution is 7.78. The lowest BCUT2D eigenvalue weighted by atomic mass is 10.2. The first-order valence-electron chi connectivity index (χ1n) is 3.37. The summed E-state index contributed by atoms with van der Waals surface area (Å²) in [6.45, 7) is 3.11. The van der Waals surface area contributed by atoms with E-state index in [1.54, 1.807) is 6.92 Å². The molecule has 0 rings (SSSR count). The number of aliphatic imine (C=N–C) groups is 1. The van der Waals surface area contributed by atoms with Gasteiger partial charge in [0.1, 0.15) is 0 Å². The second-order valence-electron chi connectivity index (χ2n) is 1.99. The second-order valence-corrected chi connectivity index (χ2v) is 2.17. The van der Waals surface area contributed by atoms with E-state index in [9.17, 15) is 9.59 Å². The highest BCUT2D eigenvalue weighted by Crippen LogP contribution is 1.95. The van der Waals surface area contributed by atoms with Gasteiger partial charge in [0.05, 0.1) is 11.8 Å². The molecule has 0 aliphatic heterocycles. The zero-order chi connectivity index (χ0) is 9.56. The summed E-state index contributed by atoms with van der Waals surface area (Å²) in [5, 5.41) is 1.98. The van der Waals surface area contributed by atoms with Crippen LogP contribution in [0, 0.1) is 0 Å². The molecule has 12 heavy (non-hydrogen) atoms. The lowest BCUT2D eigenvalue weighted by Gasteiger charge is -2.05. The summed E-state index contributed by atoms with van der Waals surface area (Å²) in [6, 6.07) is -1.14. The number of hydrogen-bond donors (Lipinski definition) is 0. The molecule has 0 spiro atoms. The Balaban J connectivity index is 4.40. The van der Waals surface area contributed by atoms with Gasteiger partial charge in [0.15, 0.2) is 5.78 Å². The summed E-state index contributed by atoms with van der Waals surface area (Å²) in [7, 11) is 0. The topological polar surface area (TPSA) is 55.7 Å². The standard InChI is InChI=1S/C7H9NO3S/c1-3-11-7(10)6(5(2)9)8-4-12/h6H,3H2,1-2H3. The summed E-state index contributed by atoms with van der Waals surface area (Å²) >= 11 is 4.27. The van der Waals surface area contributed by atoms with Crippen LogP contribution in [0.4, 0.5) is 0 Å². The Bertz CT molecular complexity index is 231. The molecule has 0 aromatic carbocycles. The van der Waals surface area contributed by atoms with Crippen LogP contribution < -0.4 is 0 Å². The minimum absolute atomic E-state index is 0.218. The van der Waals surface area contributed by atoms with Crippen LogP contribution in [0.2, 0.25) is 0 Å². The highest BCUT2D eigenvalue weighted by Gasteiger charge is 2.22. The number of ether oxygens (including phenoxy) is 1. The van der Waals surface area contributed by atoms with Crippen LogP contribution in [-0.4, -0.2) is 29.6 Å². The van der Waals surface area contributed by atoms with E-state index in [2.05, 4.69) is 21.9 Å². The van der Waals surface area contributed by atoms with Crippen molar-refractivity contribution < 1.29 is 14.3 Å². The van der Waals surface area contributed by atoms with Gasteiger partial charge in [-0.15, -0.1) is 0 Å². The van der Waals surface area contributed by atoms with Crippen molar-refractivity contribution >= 4 is 29.1 Å². The largest absolute Gasteiger partial charge is 0.464 e. The number of carbonyl (C=O) groups is 2. The third kappa shape index (κ3) is 3.37. The maximum Gasteiger partial charge on any atom is 0.339 e. The molecule has 0 aliphatic rings. The van der Waals surface area contributed by atoms with Crippen molar-refractivity contribution in [2.24, 2.45) is 4.99 Å². The molecular weight excluding hydrogens is 178 g/mol. The first-order chi connectivity index (χ1) is 5.63. The summed E-state index contributed by atoms with van der Waals surface area (Å²) < 4.78 is 4.58. The average molecular weight is 187 g/mol. The normalized spacial score (nSPS) is 11.2. The molecule has 0 radical (unpaired) electrons.